The van der Waals surface area contributed by atoms with Crippen LogP contribution in [0.5, 0.6) is 0 Å². The molecule has 1 aliphatic heterocycles. The minimum Gasteiger partial charge on any atom is -0.336 e. The number of carbonyl (C=O) groups excluding carboxylic acids is 1. The largest absolute Gasteiger partial charge is 0.336 e. The van der Waals surface area contributed by atoms with Gasteiger partial charge >= 0.3 is 6.03 Å². The first kappa shape index (κ1) is 11.3. The van der Waals surface area contributed by atoms with Gasteiger partial charge in [-0.25, -0.2) is 9.78 Å². The van der Waals surface area contributed by atoms with E-state index in [-0.39, 0.29) is 6.03 Å². The van der Waals surface area contributed by atoms with Gasteiger partial charge in [-0.05, 0) is 6.92 Å². The van der Waals surface area contributed by atoms with E-state index in [4.69, 9.17) is 0 Å². The van der Waals surface area contributed by atoms with E-state index in [1.54, 1.807) is 11.3 Å². The second-order valence-electron chi connectivity index (χ2n) is 3.75. The van der Waals surface area contributed by atoms with Gasteiger partial charge in [-0.15, -0.1) is 11.3 Å². The second-order valence-corrected chi connectivity index (χ2v) is 4.82. The lowest BCUT2D eigenvalue weighted by Crippen LogP contribution is -2.34. The summed E-state index contributed by atoms with van der Waals surface area (Å²) in [4.78, 5) is 17.4. The van der Waals surface area contributed by atoms with Crippen LogP contribution in [0.3, 0.4) is 0 Å². The monoisotopic (exact) mass is 240 g/mol. The van der Waals surface area contributed by atoms with Crippen molar-refractivity contribution in [2.24, 2.45) is 0 Å². The van der Waals surface area contributed by atoms with Crippen molar-refractivity contribution >= 4 is 17.4 Å². The third-order valence-corrected chi connectivity index (χ3v) is 3.30. The zero-order chi connectivity index (χ0) is 11.4. The topological polar surface area (TPSA) is 57.3 Å². The molecule has 1 fully saturated rings. The number of thiazole rings is 1. The average molecular weight is 240 g/mol. The first-order chi connectivity index (χ1) is 7.75. The smallest absolute Gasteiger partial charge is 0.317 e. The summed E-state index contributed by atoms with van der Waals surface area (Å²) >= 11 is 1.66. The Kier molecular flexibility index (Phi) is 3.74. The van der Waals surface area contributed by atoms with Gasteiger partial charge in [-0.1, -0.05) is 0 Å². The van der Waals surface area contributed by atoms with Crippen molar-refractivity contribution in [1.29, 1.82) is 0 Å². The van der Waals surface area contributed by atoms with Crippen LogP contribution in [0.25, 0.3) is 0 Å². The lowest BCUT2D eigenvalue weighted by Gasteiger charge is -2.13. The molecule has 0 atom stereocenters. The fraction of sp³-hybridized carbons (Fsp3) is 0.600. The van der Waals surface area contributed by atoms with E-state index in [0.29, 0.717) is 0 Å². The van der Waals surface area contributed by atoms with Crippen molar-refractivity contribution in [1.82, 2.24) is 20.5 Å². The Morgan fingerprint density at radius 2 is 2.56 bits per heavy atom. The Hall–Kier alpha value is -1.14. The van der Waals surface area contributed by atoms with Crippen LogP contribution in [0.2, 0.25) is 0 Å². The van der Waals surface area contributed by atoms with Crippen molar-refractivity contribution in [2.45, 2.75) is 13.5 Å². The number of nitrogens with zero attached hydrogens (tertiary/aromatic N) is 2. The highest BCUT2D eigenvalue weighted by Gasteiger charge is 2.17. The molecule has 2 amide bonds. The predicted molar refractivity (Wildman–Crippen MR) is 63.5 cm³/mol. The normalized spacial score (nSPS) is 15.6. The van der Waals surface area contributed by atoms with Crippen LogP contribution in [0.1, 0.15) is 10.7 Å². The third kappa shape index (κ3) is 2.93. The highest BCUT2D eigenvalue weighted by Crippen LogP contribution is 2.07. The molecule has 2 N–H and O–H groups in total. The zero-order valence-corrected chi connectivity index (χ0v) is 10.1. The molecule has 16 heavy (non-hydrogen) atoms. The van der Waals surface area contributed by atoms with Crippen LogP contribution in [0.15, 0.2) is 5.38 Å². The van der Waals surface area contributed by atoms with Crippen LogP contribution in [0, 0.1) is 6.92 Å². The number of hydrogen-bond donors (Lipinski definition) is 2. The average Bonchev–Trinajstić information content (AvgIpc) is 2.83. The minimum atomic E-state index is 0.0475. The number of carbonyl (C=O) groups is 1. The van der Waals surface area contributed by atoms with Crippen LogP contribution < -0.4 is 10.6 Å². The Labute approximate surface area is 98.9 Å². The van der Waals surface area contributed by atoms with Crippen molar-refractivity contribution in [3.63, 3.8) is 0 Å². The van der Waals surface area contributed by atoms with Gasteiger partial charge < -0.3 is 15.5 Å². The molecule has 2 rings (SSSR count). The van der Waals surface area contributed by atoms with Gasteiger partial charge in [0.2, 0.25) is 0 Å². The Morgan fingerprint density at radius 1 is 1.69 bits per heavy atom. The number of nitrogens with one attached hydrogen (secondary N) is 2. The maximum absolute atomic E-state index is 11.2. The number of rotatable bonds is 5. The van der Waals surface area contributed by atoms with E-state index < -0.39 is 0 Å². The van der Waals surface area contributed by atoms with E-state index in [1.807, 2.05) is 11.8 Å². The molecule has 1 aliphatic rings. The standard InChI is InChI=1S/C10H16N4OS/c1-8-13-9(7-16-8)6-11-2-4-14-5-3-12-10(14)15/h7,11H,2-6H2,1H3,(H,12,15). The molecule has 0 unspecified atom stereocenters. The molecular formula is C10H16N4OS. The number of hydrogen-bond acceptors (Lipinski definition) is 4. The van der Waals surface area contributed by atoms with Gasteiger partial charge in [0.1, 0.15) is 0 Å². The SMILES string of the molecule is Cc1nc(CNCCN2CCNC2=O)cs1. The Bertz CT molecular complexity index is 365. The molecule has 2 heterocycles. The van der Waals surface area contributed by atoms with Crippen molar-refractivity contribution in [2.75, 3.05) is 26.2 Å². The molecule has 0 aromatic carbocycles. The van der Waals surface area contributed by atoms with Crippen LogP contribution >= 0.6 is 11.3 Å². The number of aromatic nitrogens is 1. The molecule has 0 radical (unpaired) electrons. The quantitative estimate of drug-likeness (QED) is 0.740. The summed E-state index contributed by atoms with van der Waals surface area (Å²) in [6, 6.07) is 0.0475. The second kappa shape index (κ2) is 5.27. The zero-order valence-electron chi connectivity index (χ0n) is 9.32. The third-order valence-electron chi connectivity index (χ3n) is 2.48. The molecule has 0 aliphatic carbocycles. The highest BCUT2D eigenvalue weighted by molar-refractivity contribution is 7.09. The van der Waals surface area contributed by atoms with E-state index >= 15 is 0 Å². The summed E-state index contributed by atoms with van der Waals surface area (Å²) in [6.07, 6.45) is 0. The summed E-state index contributed by atoms with van der Waals surface area (Å²) < 4.78 is 0. The van der Waals surface area contributed by atoms with E-state index in [1.165, 1.54) is 0 Å². The summed E-state index contributed by atoms with van der Waals surface area (Å²) in [5, 5.41) is 9.22. The van der Waals surface area contributed by atoms with Gasteiger partial charge in [0.25, 0.3) is 0 Å². The minimum absolute atomic E-state index is 0.0475. The van der Waals surface area contributed by atoms with Crippen molar-refractivity contribution in [3.8, 4) is 0 Å². The summed E-state index contributed by atoms with van der Waals surface area (Å²) in [5.41, 5.74) is 1.08. The molecule has 0 bridgehead atoms. The number of aryl methyl sites for hydroxylation is 1. The molecule has 1 aromatic heterocycles. The van der Waals surface area contributed by atoms with E-state index in [0.717, 1.165) is 43.4 Å². The fourth-order valence-electron chi connectivity index (χ4n) is 1.64. The van der Waals surface area contributed by atoms with E-state index in [2.05, 4.69) is 21.0 Å². The molecular weight excluding hydrogens is 224 g/mol. The predicted octanol–water partition coefficient (Wildman–Crippen LogP) is 0.566. The Balaban J connectivity index is 1.63. The molecule has 0 saturated carbocycles. The van der Waals surface area contributed by atoms with Crippen LogP contribution in [-0.2, 0) is 6.54 Å². The van der Waals surface area contributed by atoms with Gasteiger partial charge in [-0.2, -0.15) is 0 Å². The summed E-state index contributed by atoms with van der Waals surface area (Å²) in [6.45, 7) is 5.93. The summed E-state index contributed by atoms with van der Waals surface area (Å²) in [7, 11) is 0. The molecule has 88 valence electrons. The molecule has 0 spiro atoms. The van der Waals surface area contributed by atoms with E-state index in [9.17, 15) is 4.79 Å². The molecule has 6 heteroatoms. The lowest BCUT2D eigenvalue weighted by molar-refractivity contribution is 0.217. The lowest BCUT2D eigenvalue weighted by atomic mass is 10.4. The molecule has 1 saturated heterocycles. The number of urea groups is 1. The van der Waals surface area contributed by atoms with Gasteiger partial charge in [-0.3, -0.25) is 0 Å². The highest BCUT2D eigenvalue weighted by atomic mass is 32.1. The fourth-order valence-corrected chi connectivity index (χ4v) is 2.26. The Morgan fingerprint density at radius 3 is 3.19 bits per heavy atom. The van der Waals surface area contributed by atoms with Crippen LogP contribution in [-0.4, -0.2) is 42.1 Å². The van der Waals surface area contributed by atoms with Crippen LogP contribution in [0.4, 0.5) is 4.79 Å². The van der Waals surface area contributed by atoms with Gasteiger partial charge in [0.15, 0.2) is 0 Å². The molecule has 5 nitrogen and oxygen atoms in total. The van der Waals surface area contributed by atoms with Crippen molar-refractivity contribution < 1.29 is 4.79 Å². The van der Waals surface area contributed by atoms with Gasteiger partial charge in [0, 0.05) is 38.1 Å². The first-order valence-electron chi connectivity index (χ1n) is 5.40. The van der Waals surface area contributed by atoms with Crippen molar-refractivity contribution in [3.05, 3.63) is 16.1 Å². The number of amides is 2. The maximum Gasteiger partial charge on any atom is 0.317 e. The first-order valence-corrected chi connectivity index (χ1v) is 6.28. The maximum atomic E-state index is 11.2. The molecule has 1 aromatic rings. The summed E-state index contributed by atoms with van der Waals surface area (Å²) in [5.74, 6) is 0. The van der Waals surface area contributed by atoms with Gasteiger partial charge in [0.05, 0.1) is 10.7 Å².